The van der Waals surface area contributed by atoms with Gasteiger partial charge in [-0.05, 0) is 50.5 Å². The number of nitrogens with zero attached hydrogens (tertiary/aromatic N) is 3. The third-order valence-corrected chi connectivity index (χ3v) is 3.69. The Balaban J connectivity index is 2.08. The van der Waals surface area contributed by atoms with Crippen molar-refractivity contribution < 1.29 is 4.74 Å². The number of hydrogen-bond acceptors (Lipinski definition) is 4. The lowest BCUT2D eigenvalue weighted by atomic mass is 10.1. The maximum Gasteiger partial charge on any atom is 0.331 e. The first kappa shape index (κ1) is 17.5. The normalized spacial score (nSPS) is 10.4. The summed E-state index contributed by atoms with van der Waals surface area (Å²) >= 11 is 0. The van der Waals surface area contributed by atoms with Gasteiger partial charge in [0, 0.05) is 19.3 Å². The molecule has 0 amide bonds. The summed E-state index contributed by atoms with van der Waals surface area (Å²) in [4.78, 5) is 24.3. The highest BCUT2D eigenvalue weighted by molar-refractivity contribution is 5.32. The third kappa shape index (κ3) is 3.93. The molecule has 0 spiro atoms. The van der Waals surface area contributed by atoms with Crippen molar-refractivity contribution in [1.82, 2.24) is 9.13 Å². The van der Waals surface area contributed by atoms with Gasteiger partial charge in [-0.1, -0.05) is 6.07 Å². The average Bonchev–Trinajstić information content (AvgIpc) is 2.53. The van der Waals surface area contributed by atoms with E-state index in [0.29, 0.717) is 19.6 Å². The molecule has 0 aliphatic carbocycles. The Labute approximate surface area is 140 Å². The maximum atomic E-state index is 12.2. The van der Waals surface area contributed by atoms with Crippen LogP contribution in [0, 0.1) is 25.2 Å². The summed E-state index contributed by atoms with van der Waals surface area (Å²) in [7, 11) is 0. The molecule has 0 aliphatic rings. The van der Waals surface area contributed by atoms with E-state index in [1.807, 2.05) is 32.0 Å². The fourth-order valence-corrected chi connectivity index (χ4v) is 2.58. The molecule has 0 bridgehead atoms. The van der Waals surface area contributed by atoms with Crippen molar-refractivity contribution in [2.45, 2.75) is 40.3 Å². The molecule has 0 saturated heterocycles. The van der Waals surface area contributed by atoms with Gasteiger partial charge in [0.1, 0.15) is 17.4 Å². The molecule has 6 heteroatoms. The number of ether oxygens (including phenoxy) is 1. The van der Waals surface area contributed by atoms with Crippen LogP contribution in [0.3, 0.4) is 0 Å². The van der Waals surface area contributed by atoms with E-state index in [1.165, 1.54) is 10.8 Å². The van der Waals surface area contributed by atoms with Gasteiger partial charge < -0.3 is 4.74 Å². The van der Waals surface area contributed by atoms with E-state index in [4.69, 9.17) is 10.00 Å². The Hall–Kier alpha value is -2.81. The first-order chi connectivity index (χ1) is 11.5. The van der Waals surface area contributed by atoms with E-state index in [-0.39, 0.29) is 12.1 Å². The molecule has 0 unspecified atom stereocenters. The Morgan fingerprint density at radius 3 is 2.42 bits per heavy atom. The lowest BCUT2D eigenvalue weighted by Crippen LogP contribution is -2.41. The predicted octanol–water partition coefficient (Wildman–Crippen LogP) is 1.99. The summed E-state index contributed by atoms with van der Waals surface area (Å²) in [5.74, 6) is 0.775. The molecule has 2 rings (SSSR count). The van der Waals surface area contributed by atoms with Gasteiger partial charge >= 0.3 is 5.69 Å². The lowest BCUT2D eigenvalue weighted by Gasteiger charge is -2.11. The molecule has 0 saturated carbocycles. The monoisotopic (exact) mass is 327 g/mol. The van der Waals surface area contributed by atoms with Gasteiger partial charge in [0.05, 0.1) is 6.61 Å². The van der Waals surface area contributed by atoms with E-state index in [9.17, 15) is 9.59 Å². The highest BCUT2D eigenvalue weighted by Crippen LogP contribution is 2.16. The van der Waals surface area contributed by atoms with Crippen LogP contribution in [0.4, 0.5) is 0 Å². The quantitative estimate of drug-likeness (QED) is 0.760. The predicted molar refractivity (Wildman–Crippen MR) is 91.4 cm³/mol. The van der Waals surface area contributed by atoms with Crippen LogP contribution in [0.5, 0.6) is 5.75 Å². The second-order valence-corrected chi connectivity index (χ2v) is 5.71. The zero-order valence-electron chi connectivity index (χ0n) is 14.2. The third-order valence-electron chi connectivity index (χ3n) is 3.69. The van der Waals surface area contributed by atoms with Crippen molar-refractivity contribution in [1.29, 1.82) is 5.26 Å². The Kier molecular flexibility index (Phi) is 5.59. The van der Waals surface area contributed by atoms with Gasteiger partial charge in [-0.15, -0.1) is 0 Å². The zero-order valence-corrected chi connectivity index (χ0v) is 14.2. The first-order valence-corrected chi connectivity index (χ1v) is 7.91. The fourth-order valence-electron chi connectivity index (χ4n) is 2.58. The molecule has 2 aromatic rings. The molecular weight excluding hydrogens is 306 g/mol. The van der Waals surface area contributed by atoms with E-state index < -0.39 is 11.2 Å². The number of hydrogen-bond donors (Lipinski definition) is 0. The molecule has 1 aromatic heterocycles. The van der Waals surface area contributed by atoms with Crippen LogP contribution in [0.15, 0.2) is 34.0 Å². The molecule has 0 N–H and O–H groups in total. The van der Waals surface area contributed by atoms with E-state index in [1.54, 1.807) is 6.92 Å². The van der Waals surface area contributed by atoms with E-state index in [0.717, 1.165) is 21.4 Å². The highest BCUT2D eigenvalue weighted by atomic mass is 16.5. The van der Waals surface area contributed by atoms with E-state index >= 15 is 0 Å². The Bertz CT molecular complexity index is 868. The van der Waals surface area contributed by atoms with Gasteiger partial charge in [0.2, 0.25) is 0 Å². The van der Waals surface area contributed by atoms with Crippen molar-refractivity contribution in [3.05, 3.63) is 61.9 Å². The van der Waals surface area contributed by atoms with Gasteiger partial charge in [-0.3, -0.25) is 13.9 Å². The molecule has 0 fully saturated rings. The van der Waals surface area contributed by atoms with Gasteiger partial charge in [-0.25, -0.2) is 4.79 Å². The lowest BCUT2D eigenvalue weighted by molar-refractivity contribution is 0.298. The average molecular weight is 327 g/mol. The smallest absolute Gasteiger partial charge is 0.331 e. The van der Waals surface area contributed by atoms with Crippen LogP contribution >= 0.6 is 0 Å². The minimum Gasteiger partial charge on any atom is -0.494 e. The summed E-state index contributed by atoms with van der Waals surface area (Å²) < 4.78 is 8.16. The Morgan fingerprint density at radius 1 is 1.17 bits per heavy atom. The summed E-state index contributed by atoms with van der Waals surface area (Å²) in [6.45, 7) is 6.81. The van der Waals surface area contributed by atoms with Crippen LogP contribution in [-0.4, -0.2) is 15.7 Å². The van der Waals surface area contributed by atoms with Crippen LogP contribution in [0.1, 0.15) is 30.0 Å². The topological polar surface area (TPSA) is 77.0 Å². The SMILES string of the molecule is CCn1cc(C#N)c(=O)n(CCCOc2cc(C)cc(C)c2)c1=O. The number of nitriles is 1. The molecule has 1 aromatic carbocycles. The second-order valence-electron chi connectivity index (χ2n) is 5.71. The Morgan fingerprint density at radius 2 is 1.83 bits per heavy atom. The number of aromatic nitrogens is 2. The van der Waals surface area contributed by atoms with Crippen molar-refractivity contribution >= 4 is 0 Å². The molecule has 1 heterocycles. The first-order valence-electron chi connectivity index (χ1n) is 7.91. The van der Waals surface area contributed by atoms with Crippen molar-refractivity contribution in [3.8, 4) is 11.8 Å². The van der Waals surface area contributed by atoms with Crippen LogP contribution in [0.25, 0.3) is 0 Å². The van der Waals surface area contributed by atoms with Crippen LogP contribution in [-0.2, 0) is 13.1 Å². The molecule has 0 atom stereocenters. The van der Waals surface area contributed by atoms with E-state index in [2.05, 4.69) is 6.07 Å². The maximum absolute atomic E-state index is 12.2. The number of aryl methyl sites for hydroxylation is 3. The number of rotatable bonds is 6. The minimum atomic E-state index is -0.543. The van der Waals surface area contributed by atoms with Crippen molar-refractivity contribution in [3.63, 3.8) is 0 Å². The summed E-state index contributed by atoms with van der Waals surface area (Å²) in [5.41, 5.74) is 1.28. The highest BCUT2D eigenvalue weighted by Gasteiger charge is 2.10. The number of benzene rings is 1. The van der Waals surface area contributed by atoms with Crippen LogP contribution in [0.2, 0.25) is 0 Å². The minimum absolute atomic E-state index is 0.0216. The standard InChI is InChI=1S/C18H21N3O3/c1-4-20-12-15(11-19)17(22)21(18(20)23)6-5-7-24-16-9-13(2)8-14(3)10-16/h8-10,12H,4-7H2,1-3H3. The summed E-state index contributed by atoms with van der Waals surface area (Å²) in [6.07, 6.45) is 1.81. The van der Waals surface area contributed by atoms with Crippen molar-refractivity contribution in [2.24, 2.45) is 0 Å². The largest absolute Gasteiger partial charge is 0.494 e. The molecule has 24 heavy (non-hydrogen) atoms. The molecule has 0 aliphatic heterocycles. The molecule has 126 valence electrons. The van der Waals surface area contributed by atoms with Gasteiger partial charge in [-0.2, -0.15) is 5.26 Å². The van der Waals surface area contributed by atoms with Gasteiger partial charge in [0.15, 0.2) is 0 Å². The summed E-state index contributed by atoms with van der Waals surface area (Å²) in [6, 6.07) is 7.79. The molecule has 6 nitrogen and oxygen atoms in total. The molecule has 0 radical (unpaired) electrons. The fraction of sp³-hybridized carbons (Fsp3) is 0.389. The summed E-state index contributed by atoms with van der Waals surface area (Å²) in [5, 5.41) is 9.02. The second kappa shape index (κ2) is 7.64. The zero-order chi connectivity index (χ0) is 17.7. The van der Waals surface area contributed by atoms with Gasteiger partial charge in [0.25, 0.3) is 5.56 Å². The van der Waals surface area contributed by atoms with Crippen molar-refractivity contribution in [2.75, 3.05) is 6.61 Å². The molecular formula is C18H21N3O3. The van der Waals surface area contributed by atoms with Crippen LogP contribution < -0.4 is 16.0 Å².